The van der Waals surface area contributed by atoms with E-state index >= 15 is 0 Å². The van der Waals surface area contributed by atoms with Crippen molar-refractivity contribution < 1.29 is 4.74 Å². The molecule has 0 saturated carbocycles. The highest BCUT2D eigenvalue weighted by Gasteiger charge is 2.24. The van der Waals surface area contributed by atoms with Crippen molar-refractivity contribution in [3.63, 3.8) is 0 Å². The molecule has 0 aromatic heterocycles. The van der Waals surface area contributed by atoms with Gasteiger partial charge >= 0.3 is 0 Å². The van der Waals surface area contributed by atoms with Crippen LogP contribution in [0.5, 0.6) is 0 Å². The third kappa shape index (κ3) is 5.18. The molecule has 0 spiro atoms. The Balaban J connectivity index is 0.00000169. The fraction of sp³-hybridized carbons (Fsp3) is 1.00. The van der Waals surface area contributed by atoms with Crippen LogP contribution in [0.15, 0.2) is 0 Å². The maximum absolute atomic E-state index is 5.36. The molecule has 0 amide bonds. The lowest BCUT2D eigenvalue weighted by Crippen LogP contribution is -2.30. The van der Waals surface area contributed by atoms with Crippen LogP contribution in [0.25, 0.3) is 0 Å². The highest BCUT2D eigenvalue weighted by molar-refractivity contribution is 5.85. The minimum Gasteiger partial charge on any atom is -0.381 e. The number of halogens is 1. The molecular formula is C11H24ClNO. The van der Waals surface area contributed by atoms with Gasteiger partial charge in [0.05, 0.1) is 0 Å². The monoisotopic (exact) mass is 221 g/mol. The molecule has 0 aromatic carbocycles. The van der Waals surface area contributed by atoms with Gasteiger partial charge in [-0.05, 0) is 44.2 Å². The van der Waals surface area contributed by atoms with Crippen LogP contribution >= 0.6 is 12.4 Å². The maximum atomic E-state index is 5.36. The van der Waals surface area contributed by atoms with Crippen LogP contribution in [0, 0.1) is 11.3 Å². The minimum absolute atomic E-state index is 0. The van der Waals surface area contributed by atoms with Crippen molar-refractivity contribution in [2.24, 2.45) is 11.3 Å². The van der Waals surface area contributed by atoms with Crippen LogP contribution in [-0.4, -0.2) is 26.8 Å². The second kappa shape index (κ2) is 6.65. The summed E-state index contributed by atoms with van der Waals surface area (Å²) in [4.78, 5) is 0. The lowest BCUT2D eigenvalue weighted by Gasteiger charge is -2.31. The molecule has 1 fully saturated rings. The first-order valence-corrected chi connectivity index (χ1v) is 5.36. The summed E-state index contributed by atoms with van der Waals surface area (Å²) < 4.78 is 5.36. The van der Waals surface area contributed by atoms with Gasteiger partial charge in [0.25, 0.3) is 0 Å². The number of nitrogens with one attached hydrogen (secondary N) is 1. The van der Waals surface area contributed by atoms with Crippen molar-refractivity contribution in [3.8, 4) is 0 Å². The highest BCUT2D eigenvalue weighted by Crippen LogP contribution is 2.30. The van der Waals surface area contributed by atoms with Crippen LogP contribution in [0.4, 0.5) is 0 Å². The quantitative estimate of drug-likeness (QED) is 0.788. The molecule has 1 aliphatic heterocycles. The Morgan fingerprint density at radius 1 is 1.29 bits per heavy atom. The van der Waals surface area contributed by atoms with Crippen LogP contribution < -0.4 is 5.32 Å². The highest BCUT2D eigenvalue weighted by atomic mass is 35.5. The second-order valence-corrected chi connectivity index (χ2v) is 4.95. The Morgan fingerprint density at radius 2 is 1.86 bits per heavy atom. The van der Waals surface area contributed by atoms with Gasteiger partial charge in [0, 0.05) is 13.2 Å². The molecule has 86 valence electrons. The third-order valence-electron chi connectivity index (χ3n) is 2.84. The Hall–Kier alpha value is 0.210. The summed E-state index contributed by atoms with van der Waals surface area (Å²) in [6, 6.07) is 0. The predicted octanol–water partition coefficient (Wildman–Crippen LogP) is 2.47. The molecule has 1 rings (SSSR count). The first-order chi connectivity index (χ1) is 6.14. The lowest BCUT2D eigenvalue weighted by atomic mass is 9.80. The van der Waals surface area contributed by atoms with Gasteiger partial charge in [-0.15, -0.1) is 12.4 Å². The van der Waals surface area contributed by atoms with E-state index in [2.05, 4.69) is 19.2 Å². The summed E-state index contributed by atoms with van der Waals surface area (Å²) in [5.74, 6) is 0.886. The van der Waals surface area contributed by atoms with E-state index in [-0.39, 0.29) is 12.4 Å². The van der Waals surface area contributed by atoms with Crippen molar-refractivity contribution in [1.82, 2.24) is 5.32 Å². The molecule has 0 radical (unpaired) electrons. The SMILES string of the molecule is CNCC(C)(C)CC1CCOCC1.Cl. The first-order valence-electron chi connectivity index (χ1n) is 5.36. The predicted molar refractivity (Wildman–Crippen MR) is 63.1 cm³/mol. The molecule has 1 aliphatic rings. The normalized spacial score (nSPS) is 19.1. The molecule has 14 heavy (non-hydrogen) atoms. The van der Waals surface area contributed by atoms with E-state index in [0.717, 1.165) is 25.7 Å². The number of hydrogen-bond donors (Lipinski definition) is 1. The van der Waals surface area contributed by atoms with Gasteiger partial charge in [-0.3, -0.25) is 0 Å². The minimum atomic E-state index is 0. The van der Waals surface area contributed by atoms with E-state index < -0.39 is 0 Å². The lowest BCUT2D eigenvalue weighted by molar-refractivity contribution is 0.0514. The standard InChI is InChI=1S/C11H23NO.ClH/c1-11(2,9-12-3)8-10-4-6-13-7-5-10;/h10,12H,4-9H2,1-3H3;1H. The van der Waals surface area contributed by atoms with Gasteiger partial charge in [0.1, 0.15) is 0 Å². The van der Waals surface area contributed by atoms with Gasteiger partial charge in [0.2, 0.25) is 0 Å². The van der Waals surface area contributed by atoms with E-state index in [1.54, 1.807) is 0 Å². The zero-order valence-corrected chi connectivity index (χ0v) is 10.5. The first kappa shape index (κ1) is 14.2. The van der Waals surface area contributed by atoms with Gasteiger partial charge < -0.3 is 10.1 Å². The van der Waals surface area contributed by atoms with Gasteiger partial charge in [0.15, 0.2) is 0 Å². The number of ether oxygens (including phenoxy) is 1. The van der Waals surface area contributed by atoms with Gasteiger partial charge in [-0.2, -0.15) is 0 Å². The molecular weight excluding hydrogens is 198 g/mol. The summed E-state index contributed by atoms with van der Waals surface area (Å²) in [5.41, 5.74) is 0.441. The van der Waals surface area contributed by atoms with E-state index in [4.69, 9.17) is 4.74 Å². The molecule has 0 aromatic rings. The summed E-state index contributed by atoms with van der Waals surface area (Å²) in [6.45, 7) is 7.75. The summed E-state index contributed by atoms with van der Waals surface area (Å²) >= 11 is 0. The Morgan fingerprint density at radius 3 is 2.36 bits per heavy atom. The molecule has 0 atom stereocenters. The molecule has 1 heterocycles. The fourth-order valence-corrected chi connectivity index (χ4v) is 2.28. The Kier molecular flexibility index (Phi) is 6.75. The third-order valence-corrected chi connectivity index (χ3v) is 2.84. The summed E-state index contributed by atoms with van der Waals surface area (Å²) in [7, 11) is 2.03. The van der Waals surface area contributed by atoms with Crippen molar-refractivity contribution in [2.75, 3.05) is 26.8 Å². The van der Waals surface area contributed by atoms with E-state index in [9.17, 15) is 0 Å². The smallest absolute Gasteiger partial charge is 0.0468 e. The average molecular weight is 222 g/mol. The molecule has 1 N–H and O–H groups in total. The molecule has 0 unspecified atom stereocenters. The van der Waals surface area contributed by atoms with E-state index in [1.807, 2.05) is 7.05 Å². The van der Waals surface area contributed by atoms with Crippen LogP contribution in [0.2, 0.25) is 0 Å². The molecule has 2 nitrogen and oxygen atoms in total. The van der Waals surface area contributed by atoms with Crippen molar-refractivity contribution in [1.29, 1.82) is 0 Å². The molecule has 0 aliphatic carbocycles. The molecule has 3 heteroatoms. The molecule has 1 saturated heterocycles. The zero-order chi connectivity index (χ0) is 9.73. The Bertz CT molecular complexity index is 144. The summed E-state index contributed by atoms with van der Waals surface area (Å²) in [6.07, 6.45) is 3.84. The van der Waals surface area contributed by atoms with Crippen LogP contribution in [0.1, 0.15) is 33.1 Å². The van der Waals surface area contributed by atoms with Crippen LogP contribution in [0.3, 0.4) is 0 Å². The second-order valence-electron chi connectivity index (χ2n) is 4.95. The van der Waals surface area contributed by atoms with Crippen molar-refractivity contribution in [3.05, 3.63) is 0 Å². The van der Waals surface area contributed by atoms with Crippen molar-refractivity contribution >= 4 is 12.4 Å². The molecule has 0 bridgehead atoms. The Labute approximate surface area is 94.2 Å². The van der Waals surface area contributed by atoms with Gasteiger partial charge in [-0.1, -0.05) is 13.8 Å². The fourth-order valence-electron chi connectivity index (χ4n) is 2.28. The van der Waals surface area contributed by atoms with Crippen molar-refractivity contribution in [2.45, 2.75) is 33.1 Å². The van der Waals surface area contributed by atoms with E-state index in [0.29, 0.717) is 5.41 Å². The van der Waals surface area contributed by atoms with Crippen LogP contribution in [-0.2, 0) is 4.74 Å². The average Bonchev–Trinajstić information content (AvgIpc) is 2.04. The van der Waals surface area contributed by atoms with Gasteiger partial charge in [-0.25, -0.2) is 0 Å². The zero-order valence-electron chi connectivity index (χ0n) is 9.64. The summed E-state index contributed by atoms with van der Waals surface area (Å²) in [5, 5.41) is 3.27. The van der Waals surface area contributed by atoms with E-state index in [1.165, 1.54) is 19.3 Å². The largest absolute Gasteiger partial charge is 0.381 e. The number of rotatable bonds is 4. The topological polar surface area (TPSA) is 21.3 Å². The number of hydrogen-bond acceptors (Lipinski definition) is 2. The maximum Gasteiger partial charge on any atom is 0.0468 e.